The molecule has 5 atom stereocenters. The van der Waals surface area contributed by atoms with Gasteiger partial charge in [0.05, 0.1) is 12.2 Å². The van der Waals surface area contributed by atoms with Gasteiger partial charge in [-0.15, -0.1) is 6.58 Å². The third-order valence-electron chi connectivity index (χ3n) is 3.60. The standard InChI is InChI=1S/C15H24O5/c1-5-6-10(16)7-8-15(4,17)12-9-11-13(18-12)20-14(2,3)19-11/h5,7-8,10-13,16-17H,1,6,9H2,2-4H3/b8-7+/t10-,11+,12+,13+,15+/m0/s1. The molecule has 2 heterocycles. The second-order valence-corrected chi connectivity index (χ2v) is 6.08. The van der Waals surface area contributed by atoms with Gasteiger partial charge in [0, 0.05) is 6.42 Å². The monoisotopic (exact) mass is 284 g/mol. The molecule has 0 radical (unpaired) electrons. The summed E-state index contributed by atoms with van der Waals surface area (Å²) in [6.07, 6.45) is 4.10. The Morgan fingerprint density at radius 2 is 2.15 bits per heavy atom. The van der Waals surface area contributed by atoms with Crippen LogP contribution in [0.5, 0.6) is 0 Å². The Balaban J connectivity index is 1.94. The minimum absolute atomic E-state index is 0.159. The average molecular weight is 284 g/mol. The fraction of sp³-hybridized carbons (Fsp3) is 0.733. The van der Waals surface area contributed by atoms with Crippen LogP contribution < -0.4 is 0 Å². The molecule has 2 rings (SSSR count). The summed E-state index contributed by atoms with van der Waals surface area (Å²) in [7, 11) is 0. The van der Waals surface area contributed by atoms with Gasteiger partial charge in [-0.3, -0.25) is 0 Å². The molecule has 0 unspecified atom stereocenters. The number of fused-ring (bicyclic) bond motifs is 1. The zero-order valence-electron chi connectivity index (χ0n) is 12.3. The van der Waals surface area contributed by atoms with Gasteiger partial charge in [0.2, 0.25) is 0 Å². The predicted octanol–water partition coefficient (Wildman–Crippen LogP) is 1.50. The van der Waals surface area contributed by atoms with Crippen molar-refractivity contribution in [2.24, 2.45) is 0 Å². The van der Waals surface area contributed by atoms with Crippen molar-refractivity contribution in [1.29, 1.82) is 0 Å². The predicted molar refractivity (Wildman–Crippen MR) is 73.9 cm³/mol. The molecule has 2 aliphatic rings. The lowest BCUT2D eigenvalue weighted by molar-refractivity contribution is -0.219. The summed E-state index contributed by atoms with van der Waals surface area (Å²) in [4.78, 5) is 0. The van der Waals surface area contributed by atoms with E-state index in [1.807, 2.05) is 13.8 Å². The van der Waals surface area contributed by atoms with Crippen LogP contribution in [0, 0.1) is 0 Å². The molecule has 0 aromatic rings. The summed E-state index contributed by atoms with van der Waals surface area (Å²) < 4.78 is 17.1. The third-order valence-corrected chi connectivity index (χ3v) is 3.60. The van der Waals surface area contributed by atoms with Crippen LogP contribution in [0.1, 0.15) is 33.6 Å². The van der Waals surface area contributed by atoms with Crippen LogP contribution in [0.4, 0.5) is 0 Å². The van der Waals surface area contributed by atoms with Gasteiger partial charge in [-0.1, -0.05) is 18.2 Å². The SMILES string of the molecule is C=CC[C@H](O)/C=C/[C@@](C)(O)[C@H]1C[C@H]2OC(C)(C)O[C@H]2O1. The molecule has 0 spiro atoms. The van der Waals surface area contributed by atoms with E-state index in [1.54, 1.807) is 25.2 Å². The van der Waals surface area contributed by atoms with Crippen LogP contribution in [0.2, 0.25) is 0 Å². The van der Waals surface area contributed by atoms with E-state index in [9.17, 15) is 10.2 Å². The van der Waals surface area contributed by atoms with Gasteiger partial charge in [-0.25, -0.2) is 0 Å². The number of aliphatic hydroxyl groups is 2. The van der Waals surface area contributed by atoms with Crippen LogP contribution in [0.3, 0.4) is 0 Å². The molecule has 2 aliphatic heterocycles. The molecule has 0 aliphatic carbocycles. The van der Waals surface area contributed by atoms with Crippen molar-refractivity contribution in [3.8, 4) is 0 Å². The van der Waals surface area contributed by atoms with Gasteiger partial charge >= 0.3 is 0 Å². The molecule has 5 nitrogen and oxygen atoms in total. The summed E-state index contributed by atoms with van der Waals surface area (Å²) in [5, 5.41) is 20.1. The Hall–Kier alpha value is -0.720. The zero-order chi connectivity index (χ0) is 15.0. The number of rotatable bonds is 5. The summed E-state index contributed by atoms with van der Waals surface area (Å²) in [6.45, 7) is 8.90. The first-order valence-corrected chi connectivity index (χ1v) is 6.95. The molecular weight excluding hydrogens is 260 g/mol. The molecule has 20 heavy (non-hydrogen) atoms. The minimum Gasteiger partial charge on any atom is -0.389 e. The van der Waals surface area contributed by atoms with Gasteiger partial charge in [0.25, 0.3) is 0 Å². The Labute approximate surface area is 119 Å². The van der Waals surface area contributed by atoms with E-state index >= 15 is 0 Å². The zero-order valence-corrected chi connectivity index (χ0v) is 12.3. The van der Waals surface area contributed by atoms with Gasteiger partial charge in [-0.05, 0) is 27.2 Å². The Morgan fingerprint density at radius 3 is 2.75 bits per heavy atom. The lowest BCUT2D eigenvalue weighted by Crippen LogP contribution is -2.39. The van der Waals surface area contributed by atoms with E-state index in [1.165, 1.54) is 0 Å². The quantitative estimate of drug-likeness (QED) is 0.749. The minimum atomic E-state index is -1.18. The first kappa shape index (κ1) is 15.7. The van der Waals surface area contributed by atoms with E-state index < -0.39 is 29.9 Å². The first-order chi connectivity index (χ1) is 9.23. The van der Waals surface area contributed by atoms with Crippen LogP contribution in [-0.2, 0) is 14.2 Å². The molecule has 0 aromatic carbocycles. The van der Waals surface area contributed by atoms with Gasteiger partial charge in [0.15, 0.2) is 12.1 Å². The molecule has 0 saturated carbocycles. The topological polar surface area (TPSA) is 68.2 Å². The smallest absolute Gasteiger partial charge is 0.187 e. The molecule has 2 N–H and O–H groups in total. The Kier molecular flexibility index (Phi) is 4.37. The Bertz CT molecular complexity index is 372. The molecule has 0 bridgehead atoms. The number of ether oxygens (including phenoxy) is 3. The van der Waals surface area contributed by atoms with Crippen molar-refractivity contribution in [3.63, 3.8) is 0 Å². The van der Waals surface area contributed by atoms with Crippen molar-refractivity contribution in [1.82, 2.24) is 0 Å². The van der Waals surface area contributed by atoms with E-state index in [0.717, 1.165) is 0 Å². The number of hydrogen-bond donors (Lipinski definition) is 2. The van der Waals surface area contributed by atoms with Crippen LogP contribution in [0.25, 0.3) is 0 Å². The number of aliphatic hydroxyl groups excluding tert-OH is 1. The number of hydrogen-bond acceptors (Lipinski definition) is 5. The second-order valence-electron chi connectivity index (χ2n) is 6.08. The second kappa shape index (κ2) is 5.58. The summed E-state index contributed by atoms with van der Waals surface area (Å²) in [5.41, 5.74) is -1.18. The highest BCUT2D eigenvalue weighted by Crippen LogP contribution is 2.40. The average Bonchev–Trinajstić information content (AvgIpc) is 2.81. The lowest BCUT2D eigenvalue weighted by atomic mass is 9.95. The normalized spacial score (nSPS) is 36.8. The fourth-order valence-electron chi connectivity index (χ4n) is 2.55. The van der Waals surface area contributed by atoms with E-state index in [0.29, 0.717) is 12.8 Å². The highest BCUT2D eigenvalue weighted by atomic mass is 16.8. The molecule has 114 valence electrons. The van der Waals surface area contributed by atoms with Crippen LogP contribution >= 0.6 is 0 Å². The molecular formula is C15H24O5. The van der Waals surface area contributed by atoms with E-state index in [2.05, 4.69) is 6.58 Å². The van der Waals surface area contributed by atoms with Gasteiger partial charge < -0.3 is 24.4 Å². The van der Waals surface area contributed by atoms with Crippen molar-refractivity contribution in [2.75, 3.05) is 0 Å². The summed E-state index contributed by atoms with van der Waals surface area (Å²) in [5.74, 6) is -0.637. The first-order valence-electron chi connectivity index (χ1n) is 6.95. The lowest BCUT2D eigenvalue weighted by Gasteiger charge is -2.28. The maximum Gasteiger partial charge on any atom is 0.187 e. The fourth-order valence-corrected chi connectivity index (χ4v) is 2.55. The van der Waals surface area contributed by atoms with Crippen LogP contribution in [0.15, 0.2) is 24.8 Å². The highest BCUT2D eigenvalue weighted by molar-refractivity contribution is 5.08. The van der Waals surface area contributed by atoms with Gasteiger partial charge in [0.1, 0.15) is 11.7 Å². The van der Waals surface area contributed by atoms with Gasteiger partial charge in [-0.2, -0.15) is 0 Å². The van der Waals surface area contributed by atoms with Crippen molar-refractivity contribution >= 4 is 0 Å². The van der Waals surface area contributed by atoms with Crippen LogP contribution in [-0.4, -0.2) is 46.2 Å². The van der Waals surface area contributed by atoms with E-state index in [4.69, 9.17) is 14.2 Å². The molecule has 0 amide bonds. The van der Waals surface area contributed by atoms with Crippen molar-refractivity contribution in [3.05, 3.63) is 24.8 Å². The molecule has 2 saturated heterocycles. The van der Waals surface area contributed by atoms with E-state index in [-0.39, 0.29) is 6.10 Å². The maximum absolute atomic E-state index is 10.5. The summed E-state index contributed by atoms with van der Waals surface area (Å²) in [6, 6.07) is 0. The largest absolute Gasteiger partial charge is 0.389 e. The van der Waals surface area contributed by atoms with Crippen molar-refractivity contribution in [2.45, 2.75) is 69.6 Å². The highest BCUT2D eigenvalue weighted by Gasteiger charge is 2.52. The molecule has 5 heteroatoms. The third kappa shape index (κ3) is 3.48. The molecule has 2 fully saturated rings. The Morgan fingerprint density at radius 1 is 1.45 bits per heavy atom. The summed E-state index contributed by atoms with van der Waals surface area (Å²) >= 11 is 0. The molecule has 0 aromatic heterocycles. The van der Waals surface area contributed by atoms with Crippen molar-refractivity contribution < 1.29 is 24.4 Å². The maximum atomic E-state index is 10.5.